The van der Waals surface area contributed by atoms with Crippen LogP contribution in [-0.4, -0.2) is 33.6 Å². The Kier molecular flexibility index (Phi) is 3.66. The zero-order valence-corrected chi connectivity index (χ0v) is 11.3. The number of rotatable bonds is 4. The number of hydrogen-bond acceptors (Lipinski definition) is 5. The molecule has 1 N–H and O–H groups in total. The standard InChI is InChI=1S/C11H15ClN6/c1-13-11-15-6-8(12)10(16-11)18(3)7-9-14-4-5-17(9)2/h4-6H,7H2,1-3H3,(H,13,15,16). The zero-order chi connectivity index (χ0) is 13.1. The molecule has 2 aromatic heterocycles. The number of halogens is 1. The fraction of sp³-hybridized carbons (Fsp3) is 0.364. The molecule has 2 aromatic rings. The van der Waals surface area contributed by atoms with Crippen LogP contribution in [0.4, 0.5) is 11.8 Å². The van der Waals surface area contributed by atoms with Gasteiger partial charge < -0.3 is 14.8 Å². The first-order valence-electron chi connectivity index (χ1n) is 5.49. The number of hydrogen-bond donors (Lipinski definition) is 1. The van der Waals surface area contributed by atoms with E-state index in [0.29, 0.717) is 23.3 Å². The van der Waals surface area contributed by atoms with Gasteiger partial charge in [-0.3, -0.25) is 0 Å². The highest BCUT2D eigenvalue weighted by molar-refractivity contribution is 6.32. The highest BCUT2D eigenvalue weighted by atomic mass is 35.5. The molecule has 0 saturated heterocycles. The number of aromatic nitrogens is 4. The fourth-order valence-corrected chi connectivity index (χ4v) is 1.82. The van der Waals surface area contributed by atoms with E-state index in [9.17, 15) is 0 Å². The molecule has 0 bridgehead atoms. The van der Waals surface area contributed by atoms with Crippen LogP contribution in [0.1, 0.15) is 5.82 Å². The molecule has 18 heavy (non-hydrogen) atoms. The van der Waals surface area contributed by atoms with Gasteiger partial charge in [0, 0.05) is 33.5 Å². The van der Waals surface area contributed by atoms with Crippen molar-refractivity contribution in [3.05, 3.63) is 29.4 Å². The average molecular weight is 267 g/mol. The van der Waals surface area contributed by atoms with Crippen LogP contribution in [0.2, 0.25) is 5.02 Å². The minimum Gasteiger partial charge on any atom is -0.357 e. The Bertz CT molecular complexity index is 538. The molecule has 7 heteroatoms. The minimum atomic E-state index is 0.519. The van der Waals surface area contributed by atoms with Crippen molar-refractivity contribution in [3.8, 4) is 0 Å². The molecular formula is C11H15ClN6. The Morgan fingerprint density at radius 3 is 2.83 bits per heavy atom. The van der Waals surface area contributed by atoms with Gasteiger partial charge in [0.25, 0.3) is 0 Å². The van der Waals surface area contributed by atoms with Gasteiger partial charge in [0.15, 0.2) is 5.82 Å². The molecule has 0 aliphatic rings. The van der Waals surface area contributed by atoms with Gasteiger partial charge in [-0.15, -0.1) is 0 Å². The lowest BCUT2D eigenvalue weighted by Gasteiger charge is -2.19. The predicted molar refractivity (Wildman–Crippen MR) is 71.9 cm³/mol. The van der Waals surface area contributed by atoms with Crippen molar-refractivity contribution in [2.24, 2.45) is 7.05 Å². The highest BCUT2D eigenvalue weighted by Gasteiger charge is 2.12. The first-order chi connectivity index (χ1) is 8.61. The van der Waals surface area contributed by atoms with Crippen molar-refractivity contribution in [2.75, 3.05) is 24.3 Å². The van der Waals surface area contributed by atoms with E-state index in [1.165, 1.54) is 0 Å². The predicted octanol–water partition coefficient (Wildman–Crippen LogP) is 1.54. The van der Waals surface area contributed by atoms with Crippen LogP contribution < -0.4 is 10.2 Å². The van der Waals surface area contributed by atoms with Gasteiger partial charge in [0.1, 0.15) is 10.8 Å². The third-order valence-corrected chi connectivity index (χ3v) is 2.88. The molecule has 96 valence electrons. The molecule has 6 nitrogen and oxygen atoms in total. The lowest BCUT2D eigenvalue weighted by molar-refractivity contribution is 0.755. The molecule has 0 radical (unpaired) electrons. The summed E-state index contributed by atoms with van der Waals surface area (Å²) in [5.74, 6) is 2.17. The Morgan fingerprint density at radius 1 is 1.44 bits per heavy atom. The van der Waals surface area contributed by atoms with E-state index < -0.39 is 0 Å². The number of nitrogens with one attached hydrogen (secondary N) is 1. The van der Waals surface area contributed by atoms with Gasteiger partial charge in [0.05, 0.1) is 12.7 Å². The highest BCUT2D eigenvalue weighted by Crippen LogP contribution is 2.23. The van der Waals surface area contributed by atoms with E-state index in [1.54, 1.807) is 19.4 Å². The summed E-state index contributed by atoms with van der Waals surface area (Å²) in [5, 5.41) is 3.41. The second-order valence-electron chi connectivity index (χ2n) is 3.93. The molecule has 2 heterocycles. The second-order valence-corrected chi connectivity index (χ2v) is 4.33. The largest absolute Gasteiger partial charge is 0.357 e. The third-order valence-electron chi connectivity index (χ3n) is 2.61. The first kappa shape index (κ1) is 12.6. The van der Waals surface area contributed by atoms with Crippen molar-refractivity contribution in [1.29, 1.82) is 0 Å². The summed E-state index contributed by atoms with van der Waals surface area (Å²) in [6.07, 6.45) is 5.26. The number of anilines is 2. The van der Waals surface area contributed by atoms with Gasteiger partial charge in [-0.1, -0.05) is 11.6 Å². The topological polar surface area (TPSA) is 58.9 Å². The van der Waals surface area contributed by atoms with E-state index >= 15 is 0 Å². The molecular weight excluding hydrogens is 252 g/mol. The molecule has 0 amide bonds. The number of nitrogens with zero attached hydrogens (tertiary/aromatic N) is 5. The Labute approximate surface area is 111 Å². The zero-order valence-electron chi connectivity index (χ0n) is 10.6. The smallest absolute Gasteiger partial charge is 0.224 e. The normalized spacial score (nSPS) is 10.4. The van der Waals surface area contributed by atoms with Crippen LogP contribution in [0, 0.1) is 0 Å². The summed E-state index contributed by atoms with van der Waals surface area (Å²) in [5.41, 5.74) is 0. The van der Waals surface area contributed by atoms with Crippen LogP contribution in [0.25, 0.3) is 0 Å². The summed E-state index contributed by atoms with van der Waals surface area (Å²) in [6, 6.07) is 0. The SMILES string of the molecule is CNc1ncc(Cl)c(N(C)Cc2nccn2C)n1. The molecule has 0 fully saturated rings. The lowest BCUT2D eigenvalue weighted by Crippen LogP contribution is -2.21. The average Bonchev–Trinajstić information content (AvgIpc) is 2.75. The Hall–Kier alpha value is -1.82. The third kappa shape index (κ3) is 2.53. The number of aryl methyl sites for hydroxylation is 1. The van der Waals surface area contributed by atoms with Crippen LogP contribution in [0.15, 0.2) is 18.6 Å². The van der Waals surface area contributed by atoms with Crippen molar-refractivity contribution >= 4 is 23.4 Å². The summed E-state index contributed by atoms with van der Waals surface area (Å²) < 4.78 is 1.96. The molecule has 0 atom stereocenters. The van der Waals surface area contributed by atoms with Crippen molar-refractivity contribution in [2.45, 2.75) is 6.54 Å². The minimum absolute atomic E-state index is 0.519. The maximum atomic E-state index is 6.11. The van der Waals surface area contributed by atoms with Crippen molar-refractivity contribution < 1.29 is 0 Å². The van der Waals surface area contributed by atoms with Crippen LogP contribution in [-0.2, 0) is 13.6 Å². The molecule has 0 aromatic carbocycles. The van der Waals surface area contributed by atoms with Crippen molar-refractivity contribution in [3.63, 3.8) is 0 Å². The van der Waals surface area contributed by atoms with Gasteiger partial charge >= 0.3 is 0 Å². The first-order valence-corrected chi connectivity index (χ1v) is 5.87. The lowest BCUT2D eigenvalue weighted by atomic mass is 10.4. The summed E-state index contributed by atoms with van der Waals surface area (Å²) in [7, 11) is 5.64. The van der Waals surface area contributed by atoms with Gasteiger partial charge in [-0.05, 0) is 0 Å². The molecule has 0 aliphatic heterocycles. The van der Waals surface area contributed by atoms with E-state index in [1.807, 2.05) is 29.8 Å². The van der Waals surface area contributed by atoms with E-state index in [-0.39, 0.29) is 0 Å². The second kappa shape index (κ2) is 5.22. The van der Waals surface area contributed by atoms with Crippen LogP contribution >= 0.6 is 11.6 Å². The van der Waals surface area contributed by atoms with Crippen molar-refractivity contribution in [1.82, 2.24) is 19.5 Å². The monoisotopic (exact) mass is 266 g/mol. The van der Waals surface area contributed by atoms with Gasteiger partial charge in [0.2, 0.25) is 5.95 Å². The van der Waals surface area contributed by atoms with E-state index in [4.69, 9.17) is 11.6 Å². The van der Waals surface area contributed by atoms with E-state index in [0.717, 1.165) is 5.82 Å². The quantitative estimate of drug-likeness (QED) is 0.910. The van der Waals surface area contributed by atoms with Gasteiger partial charge in [-0.2, -0.15) is 4.98 Å². The fourth-order valence-electron chi connectivity index (χ4n) is 1.58. The Morgan fingerprint density at radius 2 is 2.22 bits per heavy atom. The molecule has 0 saturated carbocycles. The van der Waals surface area contributed by atoms with Crippen LogP contribution in [0.5, 0.6) is 0 Å². The molecule has 2 rings (SSSR count). The molecule has 0 unspecified atom stereocenters. The molecule has 0 spiro atoms. The van der Waals surface area contributed by atoms with E-state index in [2.05, 4.69) is 20.3 Å². The maximum Gasteiger partial charge on any atom is 0.224 e. The number of imidazole rings is 1. The van der Waals surface area contributed by atoms with Gasteiger partial charge in [-0.25, -0.2) is 9.97 Å². The summed E-state index contributed by atoms with van der Waals surface area (Å²) >= 11 is 6.11. The summed E-state index contributed by atoms with van der Waals surface area (Å²) in [4.78, 5) is 14.6. The maximum absolute atomic E-state index is 6.11. The summed E-state index contributed by atoms with van der Waals surface area (Å²) in [6.45, 7) is 0.628. The molecule has 0 aliphatic carbocycles. The Balaban J connectivity index is 2.23. The van der Waals surface area contributed by atoms with Crippen LogP contribution in [0.3, 0.4) is 0 Å².